The van der Waals surface area contributed by atoms with Gasteiger partial charge in [-0.25, -0.2) is 8.91 Å². The SMILES string of the molecule is Cc1c(OCCN(C)C)cn2ncnc(Oc3ccc(N)cc3F)c12. The molecule has 132 valence electrons. The molecule has 3 rings (SSSR count). The van der Waals surface area contributed by atoms with Crippen molar-refractivity contribution in [1.29, 1.82) is 0 Å². The summed E-state index contributed by atoms with van der Waals surface area (Å²) in [4.78, 5) is 6.16. The lowest BCUT2D eigenvalue weighted by Crippen LogP contribution is -2.19. The number of nitrogen functional groups attached to an aromatic ring is 1. The fraction of sp³-hybridized carbons (Fsp3) is 0.294. The first kappa shape index (κ1) is 17.0. The highest BCUT2D eigenvalue weighted by Gasteiger charge is 2.16. The largest absolute Gasteiger partial charge is 0.490 e. The number of hydrogen-bond donors (Lipinski definition) is 1. The number of ether oxygens (including phenoxy) is 2. The van der Waals surface area contributed by atoms with E-state index < -0.39 is 5.82 Å². The fourth-order valence-corrected chi connectivity index (χ4v) is 2.37. The molecule has 0 aliphatic rings. The summed E-state index contributed by atoms with van der Waals surface area (Å²) in [6, 6.07) is 4.24. The first-order chi connectivity index (χ1) is 12.0. The van der Waals surface area contributed by atoms with Crippen LogP contribution in [-0.2, 0) is 0 Å². The average molecular weight is 345 g/mol. The Kier molecular flexibility index (Phi) is 4.71. The van der Waals surface area contributed by atoms with Crippen molar-refractivity contribution in [3.05, 3.63) is 42.1 Å². The lowest BCUT2D eigenvalue weighted by Gasteiger charge is -2.10. The predicted octanol–water partition coefficient (Wildman–Crippen LogP) is 2.49. The number of likely N-dealkylation sites (N-methyl/N-ethyl adjacent to an activating group) is 1. The summed E-state index contributed by atoms with van der Waals surface area (Å²) in [6.45, 7) is 3.22. The minimum atomic E-state index is -0.552. The summed E-state index contributed by atoms with van der Waals surface area (Å²) >= 11 is 0. The molecule has 1 aromatic carbocycles. The minimum absolute atomic E-state index is 0.0467. The third-order valence-corrected chi connectivity index (χ3v) is 3.71. The molecule has 0 saturated carbocycles. The van der Waals surface area contributed by atoms with Gasteiger partial charge in [0, 0.05) is 23.9 Å². The molecular weight excluding hydrogens is 325 g/mol. The second-order valence-electron chi connectivity index (χ2n) is 5.92. The summed E-state index contributed by atoms with van der Waals surface area (Å²) < 4.78 is 27.1. The molecule has 0 saturated heterocycles. The van der Waals surface area contributed by atoms with Crippen LogP contribution in [0.25, 0.3) is 5.52 Å². The van der Waals surface area contributed by atoms with Gasteiger partial charge < -0.3 is 20.1 Å². The summed E-state index contributed by atoms with van der Waals surface area (Å²) in [5.74, 6) is 0.428. The van der Waals surface area contributed by atoms with Gasteiger partial charge in [0.05, 0.1) is 6.20 Å². The molecule has 2 N–H and O–H groups in total. The highest BCUT2D eigenvalue weighted by atomic mass is 19.1. The van der Waals surface area contributed by atoms with E-state index in [1.807, 2.05) is 25.9 Å². The molecule has 0 amide bonds. The number of aryl methyl sites for hydroxylation is 1. The molecule has 0 unspecified atom stereocenters. The second-order valence-corrected chi connectivity index (χ2v) is 5.92. The molecule has 7 nitrogen and oxygen atoms in total. The smallest absolute Gasteiger partial charge is 0.247 e. The molecule has 0 radical (unpaired) electrons. The van der Waals surface area contributed by atoms with Gasteiger partial charge in [0.1, 0.15) is 24.2 Å². The van der Waals surface area contributed by atoms with Crippen LogP contribution in [0, 0.1) is 12.7 Å². The van der Waals surface area contributed by atoms with E-state index in [0.717, 1.165) is 12.1 Å². The number of nitrogens with zero attached hydrogens (tertiary/aromatic N) is 4. The number of fused-ring (bicyclic) bond motifs is 1. The Morgan fingerprint density at radius 3 is 2.80 bits per heavy atom. The van der Waals surface area contributed by atoms with Crippen molar-refractivity contribution < 1.29 is 13.9 Å². The van der Waals surface area contributed by atoms with Gasteiger partial charge >= 0.3 is 0 Å². The van der Waals surface area contributed by atoms with Gasteiger partial charge in [-0.15, -0.1) is 0 Å². The summed E-state index contributed by atoms with van der Waals surface area (Å²) in [6.07, 6.45) is 3.11. The number of rotatable bonds is 6. The molecule has 25 heavy (non-hydrogen) atoms. The maximum atomic E-state index is 14.0. The molecule has 0 spiro atoms. The first-order valence-corrected chi connectivity index (χ1v) is 7.79. The van der Waals surface area contributed by atoms with Crippen LogP contribution in [0.4, 0.5) is 10.1 Å². The summed E-state index contributed by atoms with van der Waals surface area (Å²) in [7, 11) is 3.95. The lowest BCUT2D eigenvalue weighted by atomic mass is 10.3. The van der Waals surface area contributed by atoms with Crippen molar-refractivity contribution in [2.24, 2.45) is 0 Å². The summed E-state index contributed by atoms with van der Waals surface area (Å²) in [5, 5.41) is 4.17. The standard InChI is InChI=1S/C17H20FN5O2/c1-11-15(24-7-6-22(2)3)9-23-16(11)17(20-10-21-23)25-14-5-4-12(19)8-13(14)18/h4-5,8-10H,6-7,19H2,1-3H3. The third-order valence-electron chi connectivity index (χ3n) is 3.71. The minimum Gasteiger partial charge on any atom is -0.490 e. The van der Waals surface area contributed by atoms with Gasteiger partial charge in [0.2, 0.25) is 5.88 Å². The van der Waals surface area contributed by atoms with E-state index in [-0.39, 0.29) is 11.6 Å². The van der Waals surface area contributed by atoms with Crippen LogP contribution in [-0.4, -0.2) is 46.7 Å². The average Bonchev–Trinajstić information content (AvgIpc) is 2.87. The summed E-state index contributed by atoms with van der Waals surface area (Å²) in [5.41, 5.74) is 7.34. The second kappa shape index (κ2) is 6.94. The number of halogens is 1. The number of hydrogen-bond acceptors (Lipinski definition) is 6. The Morgan fingerprint density at radius 1 is 1.28 bits per heavy atom. The van der Waals surface area contributed by atoms with Gasteiger partial charge in [0.15, 0.2) is 11.6 Å². The maximum absolute atomic E-state index is 14.0. The zero-order chi connectivity index (χ0) is 18.0. The lowest BCUT2D eigenvalue weighted by molar-refractivity contribution is 0.260. The topological polar surface area (TPSA) is 77.9 Å². The van der Waals surface area contributed by atoms with Crippen molar-refractivity contribution >= 4 is 11.2 Å². The van der Waals surface area contributed by atoms with Gasteiger partial charge in [-0.1, -0.05) is 0 Å². The van der Waals surface area contributed by atoms with E-state index in [0.29, 0.717) is 23.6 Å². The van der Waals surface area contributed by atoms with Crippen LogP contribution in [0.1, 0.15) is 5.56 Å². The van der Waals surface area contributed by atoms with Crippen molar-refractivity contribution in [1.82, 2.24) is 19.5 Å². The Balaban J connectivity index is 1.92. The molecule has 8 heteroatoms. The van der Waals surface area contributed by atoms with Crippen molar-refractivity contribution in [2.75, 3.05) is 33.0 Å². The normalized spacial score (nSPS) is 11.2. The molecular formula is C17H20FN5O2. The molecule has 0 atom stereocenters. The monoisotopic (exact) mass is 345 g/mol. The third kappa shape index (κ3) is 3.63. The van der Waals surface area contributed by atoms with Crippen LogP contribution in [0.5, 0.6) is 17.4 Å². The van der Waals surface area contributed by atoms with Crippen LogP contribution in [0.2, 0.25) is 0 Å². The number of nitrogens with two attached hydrogens (primary N) is 1. The molecule has 2 aromatic heterocycles. The molecule has 0 aliphatic carbocycles. The highest BCUT2D eigenvalue weighted by Crippen LogP contribution is 2.33. The maximum Gasteiger partial charge on any atom is 0.247 e. The highest BCUT2D eigenvalue weighted by molar-refractivity contribution is 5.67. The Bertz CT molecular complexity index is 894. The number of anilines is 1. The molecule has 0 bridgehead atoms. The van der Waals surface area contributed by atoms with Gasteiger partial charge in [-0.2, -0.15) is 10.1 Å². The van der Waals surface area contributed by atoms with Gasteiger partial charge in [0.25, 0.3) is 0 Å². The van der Waals surface area contributed by atoms with E-state index in [4.69, 9.17) is 15.2 Å². The quantitative estimate of drug-likeness (QED) is 0.692. The molecule has 2 heterocycles. The Morgan fingerprint density at radius 2 is 2.08 bits per heavy atom. The number of benzene rings is 1. The zero-order valence-corrected chi connectivity index (χ0v) is 14.4. The molecule has 3 aromatic rings. The van der Waals surface area contributed by atoms with Crippen LogP contribution in [0.3, 0.4) is 0 Å². The van der Waals surface area contributed by atoms with Crippen LogP contribution in [0.15, 0.2) is 30.7 Å². The van der Waals surface area contributed by atoms with E-state index >= 15 is 0 Å². The molecule has 0 aliphatic heterocycles. The molecule has 0 fully saturated rings. The van der Waals surface area contributed by atoms with E-state index in [2.05, 4.69) is 10.1 Å². The zero-order valence-electron chi connectivity index (χ0n) is 14.4. The van der Waals surface area contributed by atoms with Crippen LogP contribution >= 0.6 is 0 Å². The van der Waals surface area contributed by atoms with E-state index in [1.54, 1.807) is 16.8 Å². The van der Waals surface area contributed by atoms with Gasteiger partial charge in [-0.3, -0.25) is 0 Å². The first-order valence-electron chi connectivity index (χ1n) is 7.79. The van der Waals surface area contributed by atoms with Crippen molar-refractivity contribution in [2.45, 2.75) is 6.92 Å². The fourth-order valence-electron chi connectivity index (χ4n) is 2.37. The predicted molar refractivity (Wildman–Crippen MR) is 92.7 cm³/mol. The van der Waals surface area contributed by atoms with Gasteiger partial charge in [-0.05, 0) is 33.2 Å². The Hall–Kier alpha value is -2.87. The van der Waals surface area contributed by atoms with Crippen molar-refractivity contribution in [3.63, 3.8) is 0 Å². The van der Waals surface area contributed by atoms with E-state index in [1.165, 1.54) is 18.5 Å². The van der Waals surface area contributed by atoms with Crippen LogP contribution < -0.4 is 15.2 Å². The van der Waals surface area contributed by atoms with Crippen molar-refractivity contribution in [3.8, 4) is 17.4 Å². The number of aromatic nitrogens is 3. The van der Waals surface area contributed by atoms with E-state index in [9.17, 15) is 4.39 Å². The Labute approximate surface area is 144 Å².